The summed E-state index contributed by atoms with van der Waals surface area (Å²) in [4.78, 5) is 3.21. The fourth-order valence-corrected chi connectivity index (χ4v) is 4.35. The van der Waals surface area contributed by atoms with Gasteiger partial charge in [0, 0.05) is 11.5 Å². The summed E-state index contributed by atoms with van der Waals surface area (Å²) < 4.78 is 7.54. The van der Waals surface area contributed by atoms with Crippen LogP contribution in [-0.4, -0.2) is 53.5 Å². The third kappa shape index (κ3) is 4.52. The highest BCUT2D eigenvalue weighted by Crippen LogP contribution is 2.21. The van der Waals surface area contributed by atoms with Gasteiger partial charge in [0.15, 0.2) is 6.04 Å². The number of para-hydroxylation sites is 1. The molecule has 1 atom stereocenters. The Labute approximate surface area is 168 Å². The van der Waals surface area contributed by atoms with E-state index in [1.54, 1.807) is 16.9 Å². The van der Waals surface area contributed by atoms with Gasteiger partial charge in [-0.3, -0.25) is 0 Å². The molecule has 28 heavy (non-hydrogen) atoms. The number of piperazine rings is 1. The molecule has 2 N–H and O–H groups in total. The van der Waals surface area contributed by atoms with E-state index in [4.69, 9.17) is 4.74 Å². The molecular formula is C21H36N6O+2. The molecule has 0 spiro atoms. The molecule has 1 aromatic carbocycles. The van der Waals surface area contributed by atoms with Gasteiger partial charge >= 0.3 is 0 Å². The van der Waals surface area contributed by atoms with E-state index in [-0.39, 0.29) is 5.54 Å². The lowest BCUT2D eigenvalue weighted by atomic mass is 9.99. The first-order valence-electron chi connectivity index (χ1n) is 10.4. The predicted octanol–water partition coefficient (Wildman–Crippen LogP) is 0.117. The molecule has 3 rings (SSSR count). The molecule has 0 saturated carbocycles. The zero-order valence-electron chi connectivity index (χ0n) is 18.2. The van der Waals surface area contributed by atoms with Crippen LogP contribution in [0.2, 0.25) is 0 Å². The quantitative estimate of drug-likeness (QED) is 0.738. The number of rotatable bonds is 6. The van der Waals surface area contributed by atoms with Crippen molar-refractivity contribution in [3.63, 3.8) is 0 Å². The smallest absolute Gasteiger partial charge is 0.210 e. The Morgan fingerprint density at radius 3 is 2.39 bits per heavy atom. The molecule has 1 fully saturated rings. The average molecular weight is 389 g/mol. The predicted molar refractivity (Wildman–Crippen MR) is 108 cm³/mol. The molecule has 7 heteroatoms. The highest BCUT2D eigenvalue weighted by molar-refractivity contribution is 5.32. The summed E-state index contributed by atoms with van der Waals surface area (Å²) in [6.45, 7) is 16.6. The maximum absolute atomic E-state index is 5.53. The lowest BCUT2D eigenvalue weighted by Gasteiger charge is -2.36. The van der Waals surface area contributed by atoms with E-state index in [2.05, 4.69) is 68.3 Å². The van der Waals surface area contributed by atoms with Gasteiger partial charge in [0.2, 0.25) is 5.82 Å². The molecule has 0 unspecified atom stereocenters. The second kappa shape index (κ2) is 8.57. The van der Waals surface area contributed by atoms with Gasteiger partial charge in [-0.15, -0.1) is 5.10 Å². The topological polar surface area (TPSA) is 61.7 Å². The molecule has 1 aliphatic rings. The Balaban J connectivity index is 1.69. The van der Waals surface area contributed by atoms with Crippen molar-refractivity contribution in [1.29, 1.82) is 0 Å². The fraction of sp³-hybridized carbons (Fsp3) is 0.667. The maximum atomic E-state index is 5.53. The first-order valence-corrected chi connectivity index (χ1v) is 10.4. The van der Waals surface area contributed by atoms with Crippen molar-refractivity contribution in [2.45, 2.75) is 52.7 Å². The van der Waals surface area contributed by atoms with Gasteiger partial charge in [0.05, 0.1) is 12.6 Å². The molecule has 154 valence electrons. The summed E-state index contributed by atoms with van der Waals surface area (Å²) in [6, 6.07) is 8.69. The monoisotopic (exact) mass is 388 g/mol. The number of hydrogen-bond donors (Lipinski definition) is 2. The number of nitrogens with zero attached hydrogens (tertiary/aromatic N) is 4. The Bertz CT molecular complexity index is 758. The molecule has 2 aromatic rings. The lowest BCUT2D eigenvalue weighted by Crippen LogP contribution is -3.27. The van der Waals surface area contributed by atoms with Crippen LogP contribution in [-0.2, 0) is 12.1 Å². The minimum atomic E-state index is -0.109. The van der Waals surface area contributed by atoms with Crippen molar-refractivity contribution < 1.29 is 14.5 Å². The number of tetrazole rings is 1. The van der Waals surface area contributed by atoms with Crippen LogP contribution < -0.4 is 14.5 Å². The molecule has 0 amide bonds. The third-order valence-electron chi connectivity index (χ3n) is 5.75. The number of ether oxygens (including phenoxy) is 1. The van der Waals surface area contributed by atoms with Crippen molar-refractivity contribution in [2.75, 3.05) is 33.3 Å². The van der Waals surface area contributed by atoms with E-state index < -0.39 is 0 Å². The zero-order chi connectivity index (χ0) is 20.3. The molecule has 7 nitrogen and oxygen atoms in total. The first-order chi connectivity index (χ1) is 13.3. The van der Waals surface area contributed by atoms with Gasteiger partial charge in [-0.2, -0.15) is 0 Å². The minimum absolute atomic E-state index is 0.109. The summed E-state index contributed by atoms with van der Waals surface area (Å²) in [5.74, 6) is 2.50. The molecule has 0 radical (unpaired) electrons. The standard InChI is InChI=1S/C21H34N6O/c1-16(2)19(20-22-23-24-27(20)21(3,4)5)26-13-11-25(12-14-26)15-17-9-7-8-10-18(17)28-6/h7-10,16,19H,11-15H2,1-6H3/p+2/t19-/m1/s1. The normalized spacial score (nSPS) is 21.7. The first kappa shape index (κ1) is 20.7. The van der Waals surface area contributed by atoms with Gasteiger partial charge in [0.1, 0.15) is 38.5 Å². The van der Waals surface area contributed by atoms with E-state index in [9.17, 15) is 0 Å². The Morgan fingerprint density at radius 2 is 1.79 bits per heavy atom. The zero-order valence-corrected chi connectivity index (χ0v) is 18.2. The Kier molecular flexibility index (Phi) is 6.35. The van der Waals surface area contributed by atoms with E-state index >= 15 is 0 Å². The number of aromatic nitrogens is 4. The average Bonchev–Trinajstić information content (AvgIpc) is 3.13. The molecule has 0 aliphatic carbocycles. The van der Waals surface area contributed by atoms with Crippen molar-refractivity contribution in [2.24, 2.45) is 5.92 Å². The van der Waals surface area contributed by atoms with Gasteiger partial charge < -0.3 is 14.5 Å². The van der Waals surface area contributed by atoms with Crippen molar-refractivity contribution in [3.05, 3.63) is 35.7 Å². The second-order valence-electron chi connectivity index (χ2n) is 9.24. The minimum Gasteiger partial charge on any atom is -0.496 e. The van der Waals surface area contributed by atoms with E-state index in [0.717, 1.165) is 44.3 Å². The van der Waals surface area contributed by atoms with Crippen molar-refractivity contribution in [1.82, 2.24) is 20.2 Å². The van der Waals surface area contributed by atoms with E-state index in [1.165, 1.54) is 5.56 Å². The molecule has 1 aromatic heterocycles. The summed E-state index contributed by atoms with van der Waals surface area (Å²) in [5.41, 5.74) is 1.18. The summed E-state index contributed by atoms with van der Waals surface area (Å²) in [6.07, 6.45) is 0. The number of methoxy groups -OCH3 is 1. The summed E-state index contributed by atoms with van der Waals surface area (Å²) >= 11 is 0. The lowest BCUT2D eigenvalue weighted by molar-refractivity contribution is -1.03. The SMILES string of the molecule is COc1ccccc1C[NH+]1CC[NH+]([C@@H](c2nnnn2C(C)(C)C)C(C)C)CC1. The highest BCUT2D eigenvalue weighted by atomic mass is 16.5. The second-order valence-corrected chi connectivity index (χ2v) is 9.24. The van der Waals surface area contributed by atoms with Crippen LogP contribution in [0.1, 0.15) is 52.0 Å². The molecule has 2 heterocycles. The van der Waals surface area contributed by atoms with Crippen LogP contribution in [0, 0.1) is 5.92 Å². The van der Waals surface area contributed by atoms with Crippen LogP contribution >= 0.6 is 0 Å². The molecule has 1 aliphatic heterocycles. The van der Waals surface area contributed by atoms with Crippen molar-refractivity contribution >= 4 is 0 Å². The van der Waals surface area contributed by atoms with Crippen LogP contribution in [0.5, 0.6) is 5.75 Å². The van der Waals surface area contributed by atoms with Gasteiger partial charge in [-0.05, 0) is 43.3 Å². The Morgan fingerprint density at radius 1 is 1.11 bits per heavy atom. The van der Waals surface area contributed by atoms with Crippen LogP contribution in [0.25, 0.3) is 0 Å². The highest BCUT2D eigenvalue weighted by Gasteiger charge is 2.38. The third-order valence-corrected chi connectivity index (χ3v) is 5.75. The summed E-state index contributed by atoms with van der Waals surface area (Å²) in [7, 11) is 1.75. The molecular weight excluding hydrogens is 352 g/mol. The molecule has 0 bridgehead atoms. The number of nitrogens with one attached hydrogen (secondary N) is 2. The van der Waals surface area contributed by atoms with Gasteiger partial charge in [-0.25, -0.2) is 4.68 Å². The number of hydrogen-bond acceptors (Lipinski definition) is 4. The largest absolute Gasteiger partial charge is 0.496 e. The molecule has 1 saturated heterocycles. The number of quaternary nitrogens is 2. The summed E-state index contributed by atoms with van der Waals surface area (Å²) in [5, 5.41) is 12.8. The number of benzene rings is 1. The van der Waals surface area contributed by atoms with Crippen molar-refractivity contribution in [3.8, 4) is 5.75 Å². The van der Waals surface area contributed by atoms with Crippen LogP contribution in [0.4, 0.5) is 0 Å². The van der Waals surface area contributed by atoms with Gasteiger partial charge in [-0.1, -0.05) is 26.0 Å². The maximum Gasteiger partial charge on any atom is 0.210 e. The fourth-order valence-electron chi connectivity index (χ4n) is 4.35. The van der Waals surface area contributed by atoms with Crippen LogP contribution in [0.15, 0.2) is 24.3 Å². The Hall–Kier alpha value is -1.99. The van der Waals surface area contributed by atoms with E-state index in [1.807, 2.05) is 10.7 Å². The van der Waals surface area contributed by atoms with Gasteiger partial charge in [0.25, 0.3) is 0 Å². The van der Waals surface area contributed by atoms with E-state index in [0.29, 0.717) is 12.0 Å². The van der Waals surface area contributed by atoms with Crippen LogP contribution in [0.3, 0.4) is 0 Å².